The SMILES string of the molecule is C1=CC(c2ccc3ccccc3n2)Nc2ccccc21. The highest BCUT2D eigenvalue weighted by molar-refractivity contribution is 5.79. The lowest BCUT2D eigenvalue weighted by Crippen LogP contribution is -2.13. The second-order valence-corrected chi connectivity index (χ2v) is 5.00. The number of hydrogen-bond acceptors (Lipinski definition) is 2. The molecule has 2 heteroatoms. The standard InChI is InChI=1S/C18H14N2/c1-3-7-15-13(5-1)9-11-17(19-15)18-12-10-14-6-2-4-8-16(14)20-18/h1-12,17,19H. The number of pyridine rings is 1. The van der Waals surface area contributed by atoms with Crippen LogP contribution in [-0.2, 0) is 0 Å². The fourth-order valence-corrected chi connectivity index (χ4v) is 2.62. The van der Waals surface area contributed by atoms with Crippen molar-refractivity contribution in [2.24, 2.45) is 0 Å². The van der Waals surface area contributed by atoms with E-state index in [1.807, 2.05) is 12.1 Å². The van der Waals surface area contributed by atoms with Gasteiger partial charge in [0.2, 0.25) is 0 Å². The predicted octanol–water partition coefficient (Wildman–Crippen LogP) is 4.41. The van der Waals surface area contributed by atoms with E-state index in [1.165, 1.54) is 10.9 Å². The van der Waals surface area contributed by atoms with Gasteiger partial charge in [0.25, 0.3) is 0 Å². The normalized spacial score (nSPS) is 16.7. The van der Waals surface area contributed by atoms with E-state index in [4.69, 9.17) is 4.98 Å². The van der Waals surface area contributed by atoms with Crippen LogP contribution in [0.5, 0.6) is 0 Å². The van der Waals surface area contributed by atoms with Gasteiger partial charge in [-0.2, -0.15) is 0 Å². The van der Waals surface area contributed by atoms with Crippen molar-refractivity contribution >= 4 is 22.7 Å². The molecule has 1 aliphatic rings. The molecular formula is C18H14N2. The van der Waals surface area contributed by atoms with Crippen molar-refractivity contribution in [3.05, 3.63) is 78.0 Å². The highest BCUT2D eigenvalue weighted by atomic mass is 15.0. The molecule has 1 aliphatic heterocycles. The molecule has 20 heavy (non-hydrogen) atoms. The van der Waals surface area contributed by atoms with Crippen LogP contribution in [0.4, 0.5) is 5.69 Å². The highest BCUT2D eigenvalue weighted by Crippen LogP contribution is 2.29. The fourth-order valence-electron chi connectivity index (χ4n) is 2.62. The van der Waals surface area contributed by atoms with Gasteiger partial charge in [-0.25, -0.2) is 0 Å². The van der Waals surface area contributed by atoms with Crippen LogP contribution in [0.2, 0.25) is 0 Å². The number of hydrogen-bond donors (Lipinski definition) is 1. The van der Waals surface area contributed by atoms with Crippen molar-refractivity contribution in [3.63, 3.8) is 0 Å². The zero-order valence-electron chi connectivity index (χ0n) is 11.0. The summed E-state index contributed by atoms with van der Waals surface area (Å²) < 4.78 is 0. The van der Waals surface area contributed by atoms with E-state index in [0.29, 0.717) is 0 Å². The minimum atomic E-state index is 0.134. The molecule has 2 heterocycles. The van der Waals surface area contributed by atoms with Crippen LogP contribution in [0.3, 0.4) is 0 Å². The van der Waals surface area contributed by atoms with E-state index in [9.17, 15) is 0 Å². The molecule has 1 aromatic heterocycles. The monoisotopic (exact) mass is 258 g/mol. The number of nitrogens with zero attached hydrogens (tertiary/aromatic N) is 1. The molecule has 3 aromatic rings. The molecule has 0 aliphatic carbocycles. The molecule has 0 amide bonds. The predicted molar refractivity (Wildman–Crippen MR) is 83.6 cm³/mol. The van der Waals surface area contributed by atoms with Crippen LogP contribution >= 0.6 is 0 Å². The van der Waals surface area contributed by atoms with Gasteiger partial charge in [-0.05, 0) is 23.8 Å². The highest BCUT2D eigenvalue weighted by Gasteiger charge is 2.15. The van der Waals surface area contributed by atoms with E-state index < -0.39 is 0 Å². The van der Waals surface area contributed by atoms with Crippen molar-refractivity contribution in [3.8, 4) is 0 Å². The largest absolute Gasteiger partial charge is 0.373 e. The number of aromatic nitrogens is 1. The van der Waals surface area contributed by atoms with Crippen molar-refractivity contribution in [2.45, 2.75) is 6.04 Å². The summed E-state index contributed by atoms with van der Waals surface area (Å²) in [7, 11) is 0. The van der Waals surface area contributed by atoms with Crippen molar-refractivity contribution in [1.29, 1.82) is 0 Å². The lowest BCUT2D eigenvalue weighted by atomic mass is 10.0. The molecule has 1 atom stereocenters. The van der Waals surface area contributed by atoms with E-state index in [1.54, 1.807) is 0 Å². The Morgan fingerprint density at radius 3 is 2.70 bits per heavy atom. The number of anilines is 1. The Hall–Kier alpha value is -2.61. The first-order valence-corrected chi connectivity index (χ1v) is 6.80. The second-order valence-electron chi connectivity index (χ2n) is 5.00. The summed E-state index contributed by atoms with van der Waals surface area (Å²) in [5.41, 5.74) is 4.48. The fraction of sp³-hybridized carbons (Fsp3) is 0.0556. The Kier molecular flexibility index (Phi) is 2.52. The summed E-state index contributed by atoms with van der Waals surface area (Å²) in [6.45, 7) is 0. The molecule has 0 saturated heterocycles. The maximum absolute atomic E-state index is 4.76. The van der Waals surface area contributed by atoms with Gasteiger partial charge in [-0.15, -0.1) is 0 Å². The average Bonchev–Trinajstić information content (AvgIpc) is 2.54. The number of rotatable bonds is 1. The number of fused-ring (bicyclic) bond motifs is 2. The van der Waals surface area contributed by atoms with E-state index in [2.05, 4.69) is 66.0 Å². The quantitative estimate of drug-likeness (QED) is 0.699. The minimum Gasteiger partial charge on any atom is -0.373 e. The van der Waals surface area contributed by atoms with E-state index in [0.717, 1.165) is 16.9 Å². The van der Waals surface area contributed by atoms with Gasteiger partial charge in [0.05, 0.1) is 17.3 Å². The Bertz CT molecular complexity index is 805. The third-order valence-corrected chi connectivity index (χ3v) is 3.68. The van der Waals surface area contributed by atoms with Crippen LogP contribution in [0.25, 0.3) is 17.0 Å². The molecule has 2 nitrogen and oxygen atoms in total. The first-order valence-electron chi connectivity index (χ1n) is 6.80. The van der Waals surface area contributed by atoms with Gasteiger partial charge < -0.3 is 5.32 Å². The van der Waals surface area contributed by atoms with Gasteiger partial charge in [0.15, 0.2) is 0 Å². The zero-order valence-corrected chi connectivity index (χ0v) is 11.0. The second kappa shape index (κ2) is 4.49. The van der Waals surface area contributed by atoms with Crippen LogP contribution < -0.4 is 5.32 Å². The van der Waals surface area contributed by atoms with Gasteiger partial charge in [-0.3, -0.25) is 4.98 Å². The molecule has 1 N–H and O–H groups in total. The molecule has 0 bridgehead atoms. The van der Waals surface area contributed by atoms with Gasteiger partial charge >= 0.3 is 0 Å². The molecular weight excluding hydrogens is 244 g/mol. The topological polar surface area (TPSA) is 24.9 Å². The maximum Gasteiger partial charge on any atom is 0.0873 e. The maximum atomic E-state index is 4.76. The number of nitrogens with one attached hydrogen (secondary N) is 1. The van der Waals surface area contributed by atoms with E-state index in [-0.39, 0.29) is 6.04 Å². The van der Waals surface area contributed by atoms with Crippen LogP contribution in [0.15, 0.2) is 66.7 Å². The minimum absolute atomic E-state index is 0.134. The summed E-state index contributed by atoms with van der Waals surface area (Å²) >= 11 is 0. The van der Waals surface area contributed by atoms with E-state index >= 15 is 0 Å². The van der Waals surface area contributed by atoms with Crippen LogP contribution in [-0.4, -0.2) is 4.98 Å². The van der Waals surface area contributed by atoms with Crippen molar-refractivity contribution < 1.29 is 0 Å². The Morgan fingerprint density at radius 1 is 0.850 bits per heavy atom. The van der Waals surface area contributed by atoms with Gasteiger partial charge in [0.1, 0.15) is 0 Å². The van der Waals surface area contributed by atoms with Crippen LogP contribution in [0.1, 0.15) is 17.3 Å². The molecule has 1 unspecified atom stereocenters. The summed E-state index contributed by atoms with van der Waals surface area (Å²) in [6, 6.07) is 20.9. The third-order valence-electron chi connectivity index (χ3n) is 3.68. The first kappa shape index (κ1) is 11.2. The molecule has 4 rings (SSSR count). The first-order chi connectivity index (χ1) is 9.90. The van der Waals surface area contributed by atoms with Crippen molar-refractivity contribution in [1.82, 2.24) is 4.98 Å². The molecule has 0 radical (unpaired) electrons. The summed E-state index contributed by atoms with van der Waals surface area (Å²) in [4.78, 5) is 4.76. The molecule has 0 saturated carbocycles. The molecule has 0 spiro atoms. The number of para-hydroxylation sites is 2. The summed E-state index contributed by atoms with van der Waals surface area (Å²) in [5.74, 6) is 0. The van der Waals surface area contributed by atoms with Gasteiger partial charge in [0, 0.05) is 11.1 Å². The summed E-state index contributed by atoms with van der Waals surface area (Å²) in [6.07, 6.45) is 4.33. The van der Waals surface area contributed by atoms with Crippen LogP contribution in [0, 0.1) is 0 Å². The molecule has 2 aromatic carbocycles. The smallest absolute Gasteiger partial charge is 0.0873 e. The third kappa shape index (κ3) is 1.86. The molecule has 0 fully saturated rings. The Balaban J connectivity index is 1.74. The number of benzene rings is 2. The lowest BCUT2D eigenvalue weighted by molar-refractivity contribution is 0.929. The average molecular weight is 258 g/mol. The zero-order chi connectivity index (χ0) is 13.4. The summed E-state index contributed by atoms with van der Waals surface area (Å²) in [5, 5.41) is 4.71. The Morgan fingerprint density at radius 2 is 1.70 bits per heavy atom. The van der Waals surface area contributed by atoms with Gasteiger partial charge in [-0.1, -0.05) is 54.6 Å². The van der Waals surface area contributed by atoms with Crippen molar-refractivity contribution in [2.75, 3.05) is 5.32 Å². The lowest BCUT2D eigenvalue weighted by Gasteiger charge is -2.22. The molecule has 96 valence electrons. The Labute approximate surface area is 117 Å².